The fourth-order valence-electron chi connectivity index (χ4n) is 3.18. The van der Waals surface area contributed by atoms with E-state index >= 15 is 0 Å². The monoisotopic (exact) mass is 411 g/mol. The molecule has 3 aromatic heterocycles. The second-order valence-electron chi connectivity index (χ2n) is 6.68. The molecule has 0 atom stereocenters. The van der Waals surface area contributed by atoms with Crippen molar-refractivity contribution in [3.63, 3.8) is 0 Å². The van der Waals surface area contributed by atoms with E-state index in [1.165, 1.54) is 17.3 Å². The van der Waals surface area contributed by atoms with E-state index < -0.39 is 0 Å². The van der Waals surface area contributed by atoms with Crippen molar-refractivity contribution in [2.24, 2.45) is 0 Å². The summed E-state index contributed by atoms with van der Waals surface area (Å²) < 4.78 is 2.09. The van der Waals surface area contributed by atoms with Crippen LogP contribution in [0.5, 0.6) is 0 Å². The van der Waals surface area contributed by atoms with E-state index in [0.717, 1.165) is 38.4 Å². The molecule has 0 spiro atoms. The number of aromatic amines is 1. The van der Waals surface area contributed by atoms with Gasteiger partial charge in [0.1, 0.15) is 10.7 Å². The van der Waals surface area contributed by atoms with E-state index in [-0.39, 0.29) is 5.56 Å². The third-order valence-corrected chi connectivity index (χ3v) is 6.81. The van der Waals surface area contributed by atoms with Crippen molar-refractivity contribution in [2.75, 3.05) is 0 Å². The van der Waals surface area contributed by atoms with Crippen LogP contribution in [-0.2, 0) is 12.3 Å². The summed E-state index contributed by atoms with van der Waals surface area (Å²) in [7, 11) is 0. The van der Waals surface area contributed by atoms with Crippen molar-refractivity contribution in [3.05, 3.63) is 56.4 Å². The average molecular weight is 412 g/mol. The standard InChI is InChI=1S/C20H21N5OS2/c1-5-25-17(14-8-6-7-11(2)9-14)23-24-20(25)27-10-15-21-18(26)16-12(3)13(4)28-19(16)22-15/h6-9H,5,10H2,1-4H3,(H,21,22,26). The largest absolute Gasteiger partial charge is 0.309 e. The Morgan fingerprint density at radius 1 is 1.21 bits per heavy atom. The van der Waals surface area contributed by atoms with Crippen molar-refractivity contribution < 1.29 is 0 Å². The number of aryl methyl sites for hydroxylation is 3. The van der Waals surface area contributed by atoms with Gasteiger partial charge in [0.05, 0.1) is 11.1 Å². The van der Waals surface area contributed by atoms with Gasteiger partial charge in [-0.05, 0) is 39.3 Å². The van der Waals surface area contributed by atoms with Gasteiger partial charge in [-0.2, -0.15) is 0 Å². The number of thioether (sulfide) groups is 1. The molecule has 4 aromatic rings. The molecule has 1 aromatic carbocycles. The quantitative estimate of drug-likeness (QED) is 0.490. The van der Waals surface area contributed by atoms with Gasteiger partial charge in [-0.1, -0.05) is 35.5 Å². The first-order chi connectivity index (χ1) is 13.5. The number of hydrogen-bond acceptors (Lipinski definition) is 6. The van der Waals surface area contributed by atoms with Crippen LogP contribution in [0.4, 0.5) is 0 Å². The van der Waals surface area contributed by atoms with E-state index in [1.54, 1.807) is 11.3 Å². The molecule has 8 heteroatoms. The fraction of sp³-hybridized carbons (Fsp3) is 0.300. The maximum atomic E-state index is 12.5. The number of rotatable bonds is 5. The highest BCUT2D eigenvalue weighted by Crippen LogP contribution is 2.28. The summed E-state index contributed by atoms with van der Waals surface area (Å²) in [5.74, 6) is 2.05. The first-order valence-electron chi connectivity index (χ1n) is 9.10. The van der Waals surface area contributed by atoms with Crippen LogP contribution in [-0.4, -0.2) is 24.7 Å². The third kappa shape index (κ3) is 3.38. The molecule has 144 valence electrons. The molecular weight excluding hydrogens is 390 g/mol. The lowest BCUT2D eigenvalue weighted by Crippen LogP contribution is -2.11. The smallest absolute Gasteiger partial charge is 0.259 e. The van der Waals surface area contributed by atoms with Crippen LogP contribution in [0.3, 0.4) is 0 Å². The first kappa shape index (κ1) is 18.9. The van der Waals surface area contributed by atoms with Crippen molar-refractivity contribution in [1.29, 1.82) is 0 Å². The summed E-state index contributed by atoms with van der Waals surface area (Å²) in [6.45, 7) is 8.90. The van der Waals surface area contributed by atoms with Crippen LogP contribution >= 0.6 is 23.1 Å². The van der Waals surface area contributed by atoms with Crippen molar-refractivity contribution in [2.45, 2.75) is 45.1 Å². The van der Waals surface area contributed by atoms with E-state index in [9.17, 15) is 4.79 Å². The number of nitrogens with zero attached hydrogens (tertiary/aromatic N) is 4. The second-order valence-corrected chi connectivity index (χ2v) is 8.83. The zero-order valence-electron chi connectivity index (χ0n) is 16.2. The van der Waals surface area contributed by atoms with Gasteiger partial charge in [0.25, 0.3) is 5.56 Å². The highest BCUT2D eigenvalue weighted by Gasteiger charge is 2.15. The van der Waals surface area contributed by atoms with Gasteiger partial charge in [0, 0.05) is 17.0 Å². The summed E-state index contributed by atoms with van der Waals surface area (Å²) in [5.41, 5.74) is 3.19. The Morgan fingerprint density at radius 2 is 2.04 bits per heavy atom. The van der Waals surface area contributed by atoms with Gasteiger partial charge < -0.3 is 9.55 Å². The Kier molecular flexibility index (Phi) is 5.07. The van der Waals surface area contributed by atoms with Gasteiger partial charge in [0.15, 0.2) is 11.0 Å². The minimum absolute atomic E-state index is 0.0696. The van der Waals surface area contributed by atoms with E-state index in [1.807, 2.05) is 26.0 Å². The lowest BCUT2D eigenvalue weighted by molar-refractivity contribution is 0.687. The van der Waals surface area contributed by atoms with Crippen LogP contribution in [0.2, 0.25) is 0 Å². The molecule has 0 aliphatic rings. The number of aromatic nitrogens is 5. The van der Waals surface area contributed by atoms with Gasteiger partial charge in [-0.25, -0.2) is 4.98 Å². The van der Waals surface area contributed by atoms with Gasteiger partial charge in [-0.3, -0.25) is 4.79 Å². The van der Waals surface area contributed by atoms with Crippen LogP contribution in [0, 0.1) is 20.8 Å². The van der Waals surface area contributed by atoms with Crippen LogP contribution in [0.25, 0.3) is 21.6 Å². The molecule has 28 heavy (non-hydrogen) atoms. The van der Waals surface area contributed by atoms with Gasteiger partial charge in [0.2, 0.25) is 0 Å². The SMILES string of the molecule is CCn1c(SCc2nc3sc(C)c(C)c3c(=O)[nH]2)nnc1-c1cccc(C)c1. The predicted octanol–water partition coefficient (Wildman–Crippen LogP) is 4.48. The zero-order valence-corrected chi connectivity index (χ0v) is 17.9. The highest BCUT2D eigenvalue weighted by atomic mass is 32.2. The molecule has 0 saturated carbocycles. The molecule has 0 radical (unpaired) electrons. The lowest BCUT2D eigenvalue weighted by Gasteiger charge is -2.07. The lowest BCUT2D eigenvalue weighted by atomic mass is 10.1. The normalized spacial score (nSPS) is 11.4. The molecule has 0 saturated heterocycles. The molecule has 0 aliphatic heterocycles. The Bertz CT molecular complexity index is 1220. The topological polar surface area (TPSA) is 76.5 Å². The summed E-state index contributed by atoms with van der Waals surface area (Å²) >= 11 is 3.10. The second kappa shape index (κ2) is 7.52. The Balaban J connectivity index is 1.62. The molecular formula is C20H21N5OS2. The van der Waals surface area contributed by atoms with Crippen molar-refractivity contribution >= 4 is 33.3 Å². The molecule has 0 unspecified atom stereocenters. The minimum atomic E-state index is -0.0696. The number of fused-ring (bicyclic) bond motifs is 1. The van der Waals surface area contributed by atoms with Crippen LogP contribution < -0.4 is 5.56 Å². The number of nitrogens with one attached hydrogen (secondary N) is 1. The molecule has 1 N–H and O–H groups in total. The van der Waals surface area contributed by atoms with Gasteiger partial charge >= 0.3 is 0 Å². The molecule has 4 rings (SSSR count). The summed E-state index contributed by atoms with van der Waals surface area (Å²) in [4.78, 5) is 22.0. The molecule has 0 aliphatic carbocycles. The Labute approximate surface area is 171 Å². The third-order valence-electron chi connectivity index (χ3n) is 4.74. The van der Waals surface area contributed by atoms with E-state index in [0.29, 0.717) is 17.0 Å². The molecule has 3 heterocycles. The molecule has 0 bridgehead atoms. The number of hydrogen-bond donors (Lipinski definition) is 1. The maximum absolute atomic E-state index is 12.5. The van der Waals surface area contributed by atoms with Gasteiger partial charge in [-0.15, -0.1) is 21.5 Å². The van der Waals surface area contributed by atoms with Crippen LogP contribution in [0.15, 0.2) is 34.2 Å². The number of thiophene rings is 1. The number of H-pyrrole nitrogens is 1. The first-order valence-corrected chi connectivity index (χ1v) is 10.9. The zero-order chi connectivity index (χ0) is 19.8. The Morgan fingerprint density at radius 3 is 2.79 bits per heavy atom. The van der Waals surface area contributed by atoms with E-state index in [2.05, 4.69) is 50.7 Å². The van der Waals surface area contributed by atoms with Crippen molar-refractivity contribution in [3.8, 4) is 11.4 Å². The molecule has 6 nitrogen and oxygen atoms in total. The predicted molar refractivity (Wildman–Crippen MR) is 115 cm³/mol. The fourth-order valence-corrected chi connectivity index (χ4v) is 5.10. The average Bonchev–Trinajstić information content (AvgIpc) is 3.20. The molecule has 0 fully saturated rings. The molecule has 0 amide bonds. The summed E-state index contributed by atoms with van der Waals surface area (Å²) in [6, 6.07) is 8.25. The Hall–Kier alpha value is -2.45. The van der Waals surface area contributed by atoms with Crippen molar-refractivity contribution in [1.82, 2.24) is 24.7 Å². The minimum Gasteiger partial charge on any atom is -0.309 e. The maximum Gasteiger partial charge on any atom is 0.259 e. The number of benzene rings is 1. The summed E-state index contributed by atoms with van der Waals surface area (Å²) in [5, 5.41) is 10.3. The summed E-state index contributed by atoms with van der Waals surface area (Å²) in [6.07, 6.45) is 0. The highest BCUT2D eigenvalue weighted by molar-refractivity contribution is 7.98. The van der Waals surface area contributed by atoms with Crippen LogP contribution in [0.1, 0.15) is 28.8 Å². The van der Waals surface area contributed by atoms with E-state index in [4.69, 9.17) is 0 Å².